The third kappa shape index (κ3) is 4.71. The zero-order valence-electron chi connectivity index (χ0n) is 20.3. The molecular weight excluding hydrogens is 559 g/mol. The van der Waals surface area contributed by atoms with Gasteiger partial charge in [-0.3, -0.25) is 0 Å². The first-order valence-electron chi connectivity index (χ1n) is 11.2. The fourth-order valence-electron chi connectivity index (χ4n) is 4.51. The molecule has 3 nitrogen and oxygen atoms in total. The fourth-order valence-corrected chi connectivity index (χ4v) is 4.51. The topological polar surface area (TPSA) is 30.7 Å². The van der Waals surface area contributed by atoms with E-state index in [1.807, 2.05) is 18.2 Å². The molecule has 0 fully saturated rings. The number of nitrogens with zero attached hydrogens (tertiary/aromatic N) is 3. The number of aryl methyl sites for hydroxylation is 2. The molecule has 0 aliphatic heterocycles. The number of benzene rings is 2. The Hall–Kier alpha value is -1.77. The summed E-state index contributed by atoms with van der Waals surface area (Å²) in [6, 6.07) is 16.1. The second-order valence-corrected chi connectivity index (χ2v) is 9.51. The third-order valence-corrected chi connectivity index (χ3v) is 6.70. The van der Waals surface area contributed by atoms with Gasteiger partial charge in [0.1, 0.15) is 5.82 Å². The molecule has 0 spiro atoms. The van der Waals surface area contributed by atoms with Crippen LogP contribution in [0, 0.1) is 19.9 Å². The van der Waals surface area contributed by atoms with Crippen LogP contribution in [0.4, 0.5) is 0 Å². The van der Waals surface area contributed by atoms with Gasteiger partial charge in [-0.25, -0.2) is 0 Å². The molecule has 0 aliphatic carbocycles. The molecule has 1 heterocycles. The second kappa shape index (κ2) is 9.79. The summed E-state index contributed by atoms with van der Waals surface area (Å²) in [5.41, 5.74) is 6.17. The maximum Gasteiger partial charge on any atom is 0.134 e. The molecule has 0 unspecified atom stereocenters. The van der Waals surface area contributed by atoms with E-state index < -0.39 is 0 Å². The molecular formula is C27H36IrN3-. The van der Waals surface area contributed by atoms with E-state index in [0.29, 0.717) is 0 Å². The fraction of sp³-hybridized carbons (Fsp3) is 0.481. The monoisotopic (exact) mass is 595 g/mol. The van der Waals surface area contributed by atoms with Crippen LogP contribution in [0.1, 0.15) is 83.3 Å². The molecule has 0 N–H and O–H groups in total. The summed E-state index contributed by atoms with van der Waals surface area (Å²) in [5.74, 6) is 1.94. The zero-order valence-corrected chi connectivity index (χ0v) is 22.7. The van der Waals surface area contributed by atoms with Crippen LogP contribution in [0.15, 0.2) is 36.4 Å². The van der Waals surface area contributed by atoms with Crippen molar-refractivity contribution in [1.29, 1.82) is 0 Å². The summed E-state index contributed by atoms with van der Waals surface area (Å²) in [6.45, 7) is 18.0. The minimum atomic E-state index is 0. The van der Waals surface area contributed by atoms with Gasteiger partial charge in [-0.1, -0.05) is 53.7 Å². The Labute approximate surface area is 202 Å². The summed E-state index contributed by atoms with van der Waals surface area (Å²) in [4.78, 5) is 0. The molecule has 4 heteroatoms. The van der Waals surface area contributed by atoms with Crippen molar-refractivity contribution in [3.8, 4) is 17.1 Å². The van der Waals surface area contributed by atoms with Gasteiger partial charge in [-0.15, -0.1) is 41.0 Å². The van der Waals surface area contributed by atoms with E-state index in [-0.39, 0.29) is 30.9 Å². The van der Waals surface area contributed by atoms with Gasteiger partial charge in [-0.2, -0.15) is 5.10 Å². The Morgan fingerprint density at radius 2 is 1.48 bits per heavy atom. The van der Waals surface area contributed by atoms with Crippen molar-refractivity contribution in [1.82, 2.24) is 14.8 Å². The van der Waals surface area contributed by atoms with E-state index in [2.05, 4.69) is 84.2 Å². The van der Waals surface area contributed by atoms with Crippen LogP contribution >= 0.6 is 0 Å². The van der Waals surface area contributed by atoms with Crippen LogP contribution in [-0.2, 0) is 30.9 Å². The summed E-state index contributed by atoms with van der Waals surface area (Å²) < 4.78 is 2.32. The summed E-state index contributed by atoms with van der Waals surface area (Å²) >= 11 is 0. The number of hydrogen-bond donors (Lipinski definition) is 0. The van der Waals surface area contributed by atoms with Gasteiger partial charge in [0.2, 0.25) is 0 Å². The SMILES string of the molecule is CCC(CC)(CC)c1nnc(-c2[c-]cccc2)n1-c1c(C)cc(C(C)(C)C)cc1C.[Ir]. The molecule has 3 aromatic rings. The Morgan fingerprint density at radius 1 is 0.903 bits per heavy atom. The second-order valence-electron chi connectivity index (χ2n) is 9.51. The standard InChI is InChI=1S/C27H36N3.Ir/c1-9-27(10-2,11-3)25-29-28-24(21-15-13-12-14-16-21)30(25)23-19(4)17-22(18-20(23)5)26(6,7)8;/h12-15,17-18H,9-11H2,1-8H3;/q-1;. The van der Waals surface area contributed by atoms with Gasteiger partial charge >= 0.3 is 0 Å². The van der Waals surface area contributed by atoms with Gasteiger partial charge in [-0.05, 0) is 55.2 Å². The van der Waals surface area contributed by atoms with Crippen molar-refractivity contribution in [2.24, 2.45) is 0 Å². The van der Waals surface area contributed by atoms with Crippen molar-refractivity contribution < 1.29 is 20.1 Å². The van der Waals surface area contributed by atoms with Crippen LogP contribution in [-0.4, -0.2) is 14.8 Å². The van der Waals surface area contributed by atoms with E-state index >= 15 is 0 Å². The van der Waals surface area contributed by atoms with Gasteiger partial charge in [0, 0.05) is 31.2 Å². The zero-order chi connectivity index (χ0) is 22.1. The molecule has 0 saturated carbocycles. The van der Waals surface area contributed by atoms with E-state index in [9.17, 15) is 0 Å². The van der Waals surface area contributed by atoms with Crippen molar-refractivity contribution in [2.45, 2.75) is 85.5 Å². The van der Waals surface area contributed by atoms with Crippen LogP contribution in [0.25, 0.3) is 17.1 Å². The van der Waals surface area contributed by atoms with Gasteiger partial charge < -0.3 is 4.57 Å². The Kier molecular flexibility index (Phi) is 8.05. The summed E-state index contributed by atoms with van der Waals surface area (Å²) in [6.07, 6.45) is 3.11. The predicted octanol–water partition coefficient (Wildman–Crippen LogP) is 7.11. The third-order valence-electron chi connectivity index (χ3n) is 6.70. The van der Waals surface area contributed by atoms with E-state index in [0.717, 1.165) is 36.5 Å². The first kappa shape index (κ1) is 25.5. The molecule has 1 aromatic heterocycles. The number of hydrogen-bond acceptors (Lipinski definition) is 2. The molecule has 3 rings (SSSR count). The first-order valence-corrected chi connectivity index (χ1v) is 11.2. The molecule has 2 aromatic carbocycles. The van der Waals surface area contributed by atoms with Crippen LogP contribution in [0.2, 0.25) is 0 Å². The number of aromatic nitrogens is 3. The van der Waals surface area contributed by atoms with Crippen LogP contribution in [0.5, 0.6) is 0 Å². The maximum atomic E-state index is 4.80. The quantitative estimate of drug-likeness (QED) is 0.285. The molecule has 0 bridgehead atoms. The molecule has 0 amide bonds. The minimum absolute atomic E-state index is 0. The average molecular weight is 595 g/mol. The Bertz CT molecular complexity index is 977. The summed E-state index contributed by atoms with van der Waals surface area (Å²) in [5, 5.41) is 9.51. The average Bonchev–Trinajstić information content (AvgIpc) is 3.14. The van der Waals surface area contributed by atoms with Crippen molar-refractivity contribution >= 4 is 0 Å². The van der Waals surface area contributed by atoms with Crippen LogP contribution < -0.4 is 0 Å². The molecule has 31 heavy (non-hydrogen) atoms. The molecule has 0 aliphatic rings. The van der Waals surface area contributed by atoms with E-state index in [1.54, 1.807) is 0 Å². The van der Waals surface area contributed by atoms with E-state index in [1.165, 1.54) is 22.4 Å². The van der Waals surface area contributed by atoms with E-state index in [4.69, 9.17) is 10.2 Å². The maximum absolute atomic E-state index is 4.80. The molecule has 0 saturated heterocycles. The van der Waals surface area contributed by atoms with Crippen LogP contribution in [0.3, 0.4) is 0 Å². The minimum Gasteiger partial charge on any atom is -0.319 e. The van der Waals surface area contributed by atoms with Gasteiger partial charge in [0.25, 0.3) is 0 Å². The summed E-state index contributed by atoms with van der Waals surface area (Å²) in [7, 11) is 0. The van der Waals surface area contributed by atoms with Crippen molar-refractivity contribution in [2.75, 3.05) is 0 Å². The predicted molar refractivity (Wildman–Crippen MR) is 126 cm³/mol. The largest absolute Gasteiger partial charge is 0.319 e. The molecule has 1 radical (unpaired) electrons. The molecule has 169 valence electrons. The molecule has 0 atom stereocenters. The van der Waals surface area contributed by atoms with Gasteiger partial charge in [0.05, 0.1) is 5.82 Å². The number of rotatable bonds is 6. The Morgan fingerprint density at radius 3 is 1.94 bits per heavy atom. The Balaban J connectivity index is 0.00000341. The van der Waals surface area contributed by atoms with Gasteiger partial charge in [0.15, 0.2) is 0 Å². The smallest absolute Gasteiger partial charge is 0.134 e. The normalized spacial score (nSPS) is 12.0. The first-order chi connectivity index (χ1) is 14.2. The van der Waals surface area contributed by atoms with Crippen molar-refractivity contribution in [3.05, 3.63) is 65.0 Å². The van der Waals surface area contributed by atoms with Crippen molar-refractivity contribution in [3.63, 3.8) is 0 Å².